The number of benzene rings is 2. The van der Waals surface area contributed by atoms with Crippen molar-refractivity contribution in [1.29, 1.82) is 0 Å². The topological polar surface area (TPSA) is 3.24 Å². The quantitative estimate of drug-likeness (QED) is 0.797. The van der Waals surface area contributed by atoms with E-state index in [1.165, 1.54) is 17.8 Å². The summed E-state index contributed by atoms with van der Waals surface area (Å²) in [5.74, 6) is -0.214. The lowest BCUT2D eigenvalue weighted by molar-refractivity contribution is 0.625. The molecule has 0 aromatic heterocycles. The molecule has 0 heterocycles. The SMILES string of the molecule is CCN(Cc1ccc(F)cc1Br)c1ccccc1. The highest BCUT2D eigenvalue weighted by atomic mass is 79.9. The van der Waals surface area contributed by atoms with E-state index < -0.39 is 0 Å². The van der Waals surface area contributed by atoms with E-state index >= 15 is 0 Å². The average molecular weight is 308 g/mol. The molecule has 2 rings (SSSR count). The highest BCUT2D eigenvalue weighted by molar-refractivity contribution is 9.10. The summed E-state index contributed by atoms with van der Waals surface area (Å²) in [6, 6.07) is 15.1. The summed E-state index contributed by atoms with van der Waals surface area (Å²) in [4.78, 5) is 2.25. The summed E-state index contributed by atoms with van der Waals surface area (Å²) in [6.07, 6.45) is 0. The molecule has 0 atom stereocenters. The van der Waals surface area contributed by atoms with Crippen LogP contribution < -0.4 is 4.90 Å². The van der Waals surface area contributed by atoms with Crippen LogP contribution in [-0.2, 0) is 6.54 Å². The molecule has 0 N–H and O–H groups in total. The molecule has 18 heavy (non-hydrogen) atoms. The minimum Gasteiger partial charge on any atom is -0.367 e. The molecule has 3 heteroatoms. The average Bonchev–Trinajstić information content (AvgIpc) is 2.39. The van der Waals surface area contributed by atoms with Gasteiger partial charge in [-0.3, -0.25) is 0 Å². The van der Waals surface area contributed by atoms with Crippen molar-refractivity contribution < 1.29 is 4.39 Å². The Hall–Kier alpha value is -1.35. The molecule has 0 saturated heterocycles. The first-order chi connectivity index (χ1) is 8.70. The van der Waals surface area contributed by atoms with Crippen LogP contribution in [0.15, 0.2) is 53.0 Å². The van der Waals surface area contributed by atoms with Crippen LogP contribution in [0.5, 0.6) is 0 Å². The zero-order valence-electron chi connectivity index (χ0n) is 10.2. The van der Waals surface area contributed by atoms with Crippen molar-refractivity contribution in [3.63, 3.8) is 0 Å². The van der Waals surface area contributed by atoms with Crippen LogP contribution in [0.3, 0.4) is 0 Å². The van der Waals surface area contributed by atoms with E-state index in [0.29, 0.717) is 0 Å². The fraction of sp³-hybridized carbons (Fsp3) is 0.200. The van der Waals surface area contributed by atoms with E-state index in [4.69, 9.17) is 0 Å². The molecule has 0 amide bonds. The lowest BCUT2D eigenvalue weighted by Gasteiger charge is -2.23. The maximum atomic E-state index is 13.0. The number of hydrogen-bond donors (Lipinski definition) is 0. The van der Waals surface area contributed by atoms with Crippen molar-refractivity contribution >= 4 is 21.6 Å². The first kappa shape index (κ1) is 13.1. The fourth-order valence-electron chi connectivity index (χ4n) is 1.88. The Morgan fingerprint density at radius 1 is 1.11 bits per heavy atom. The van der Waals surface area contributed by atoms with E-state index in [1.54, 1.807) is 0 Å². The predicted molar refractivity (Wildman–Crippen MR) is 77.3 cm³/mol. The molecule has 0 aliphatic rings. The third-order valence-corrected chi connectivity index (χ3v) is 3.62. The molecule has 2 aromatic carbocycles. The van der Waals surface area contributed by atoms with Crippen LogP contribution in [0.1, 0.15) is 12.5 Å². The highest BCUT2D eigenvalue weighted by Gasteiger charge is 2.08. The summed E-state index contributed by atoms with van der Waals surface area (Å²) >= 11 is 3.41. The van der Waals surface area contributed by atoms with E-state index in [0.717, 1.165) is 23.1 Å². The fourth-order valence-corrected chi connectivity index (χ4v) is 2.36. The second-order valence-corrected chi connectivity index (χ2v) is 4.94. The largest absolute Gasteiger partial charge is 0.367 e. The lowest BCUT2D eigenvalue weighted by Crippen LogP contribution is -2.22. The second-order valence-electron chi connectivity index (χ2n) is 4.09. The minimum absolute atomic E-state index is 0.214. The van der Waals surface area contributed by atoms with Gasteiger partial charge in [0.1, 0.15) is 5.82 Å². The number of rotatable bonds is 4. The molecule has 0 fully saturated rings. The summed E-state index contributed by atoms with van der Waals surface area (Å²) in [5, 5.41) is 0. The van der Waals surface area contributed by atoms with Gasteiger partial charge < -0.3 is 4.90 Å². The molecule has 94 valence electrons. The molecular formula is C15H15BrFN. The van der Waals surface area contributed by atoms with E-state index in [9.17, 15) is 4.39 Å². The van der Waals surface area contributed by atoms with Crippen LogP contribution in [-0.4, -0.2) is 6.54 Å². The zero-order valence-corrected chi connectivity index (χ0v) is 11.8. The van der Waals surface area contributed by atoms with Gasteiger partial charge in [0.25, 0.3) is 0 Å². The number of hydrogen-bond acceptors (Lipinski definition) is 1. The van der Waals surface area contributed by atoms with Gasteiger partial charge >= 0.3 is 0 Å². The monoisotopic (exact) mass is 307 g/mol. The Morgan fingerprint density at radius 2 is 1.83 bits per heavy atom. The van der Waals surface area contributed by atoms with Crippen molar-refractivity contribution in [2.45, 2.75) is 13.5 Å². The van der Waals surface area contributed by atoms with Gasteiger partial charge in [-0.1, -0.05) is 40.2 Å². The van der Waals surface area contributed by atoms with Gasteiger partial charge in [-0.25, -0.2) is 4.39 Å². The molecular weight excluding hydrogens is 293 g/mol. The Kier molecular flexibility index (Phi) is 4.37. The first-order valence-electron chi connectivity index (χ1n) is 5.94. The summed E-state index contributed by atoms with van der Waals surface area (Å²) in [5.41, 5.74) is 2.26. The van der Waals surface area contributed by atoms with Crippen LogP contribution in [0.2, 0.25) is 0 Å². The zero-order chi connectivity index (χ0) is 13.0. The van der Waals surface area contributed by atoms with E-state index in [1.807, 2.05) is 24.3 Å². The molecule has 0 radical (unpaired) electrons. The normalized spacial score (nSPS) is 10.4. The lowest BCUT2D eigenvalue weighted by atomic mass is 10.2. The molecule has 0 aliphatic heterocycles. The third kappa shape index (κ3) is 3.10. The van der Waals surface area contributed by atoms with Crippen molar-refractivity contribution in [1.82, 2.24) is 0 Å². The van der Waals surface area contributed by atoms with E-state index in [2.05, 4.69) is 39.9 Å². The standard InChI is InChI=1S/C15H15BrFN/c1-2-18(14-6-4-3-5-7-14)11-12-8-9-13(17)10-15(12)16/h3-10H,2,11H2,1H3. The number of anilines is 1. The van der Waals surface area contributed by atoms with Crippen LogP contribution in [0.25, 0.3) is 0 Å². The van der Waals surface area contributed by atoms with Crippen molar-refractivity contribution in [2.75, 3.05) is 11.4 Å². The van der Waals surface area contributed by atoms with Crippen LogP contribution in [0.4, 0.5) is 10.1 Å². The Morgan fingerprint density at radius 3 is 2.44 bits per heavy atom. The Bertz CT molecular complexity index is 513. The molecule has 0 spiro atoms. The Labute approximate surface area is 115 Å². The molecule has 0 unspecified atom stereocenters. The molecule has 1 nitrogen and oxygen atoms in total. The highest BCUT2D eigenvalue weighted by Crippen LogP contribution is 2.22. The van der Waals surface area contributed by atoms with Gasteiger partial charge in [0.05, 0.1) is 0 Å². The summed E-state index contributed by atoms with van der Waals surface area (Å²) in [7, 11) is 0. The maximum absolute atomic E-state index is 13.0. The number of nitrogens with zero attached hydrogens (tertiary/aromatic N) is 1. The number of halogens is 2. The second kappa shape index (κ2) is 6.01. The minimum atomic E-state index is -0.214. The number of para-hydroxylation sites is 1. The smallest absolute Gasteiger partial charge is 0.124 e. The molecule has 0 bridgehead atoms. The first-order valence-corrected chi connectivity index (χ1v) is 6.74. The van der Waals surface area contributed by atoms with Gasteiger partial charge in [0.15, 0.2) is 0 Å². The van der Waals surface area contributed by atoms with Crippen LogP contribution in [0, 0.1) is 5.82 Å². The van der Waals surface area contributed by atoms with Gasteiger partial charge in [-0.2, -0.15) is 0 Å². The van der Waals surface area contributed by atoms with Crippen molar-refractivity contribution in [2.24, 2.45) is 0 Å². The van der Waals surface area contributed by atoms with Gasteiger partial charge in [-0.05, 0) is 36.8 Å². The van der Waals surface area contributed by atoms with Crippen molar-refractivity contribution in [3.8, 4) is 0 Å². The summed E-state index contributed by atoms with van der Waals surface area (Å²) < 4.78 is 13.9. The molecule has 2 aromatic rings. The third-order valence-electron chi connectivity index (χ3n) is 2.88. The summed E-state index contributed by atoms with van der Waals surface area (Å²) in [6.45, 7) is 3.79. The Balaban J connectivity index is 2.21. The van der Waals surface area contributed by atoms with Gasteiger partial charge in [0.2, 0.25) is 0 Å². The van der Waals surface area contributed by atoms with E-state index in [-0.39, 0.29) is 5.82 Å². The van der Waals surface area contributed by atoms with Crippen LogP contribution >= 0.6 is 15.9 Å². The molecule has 0 aliphatic carbocycles. The van der Waals surface area contributed by atoms with Crippen molar-refractivity contribution in [3.05, 3.63) is 64.4 Å². The van der Waals surface area contributed by atoms with Gasteiger partial charge in [0, 0.05) is 23.2 Å². The maximum Gasteiger partial charge on any atom is 0.124 e. The predicted octanol–water partition coefficient (Wildman–Crippen LogP) is 4.61. The van der Waals surface area contributed by atoms with Gasteiger partial charge in [-0.15, -0.1) is 0 Å². The molecule has 0 saturated carbocycles.